The summed E-state index contributed by atoms with van der Waals surface area (Å²) >= 11 is 1.58. The SMILES string of the molecule is CSCC(C)C(=O)N1Cc2[nH]cnc2CC1C(=O)O. The van der Waals surface area contributed by atoms with E-state index in [0.29, 0.717) is 12.3 Å². The van der Waals surface area contributed by atoms with Gasteiger partial charge >= 0.3 is 5.97 Å². The van der Waals surface area contributed by atoms with Gasteiger partial charge in [0.1, 0.15) is 6.04 Å². The van der Waals surface area contributed by atoms with Crippen molar-refractivity contribution in [2.45, 2.75) is 25.9 Å². The van der Waals surface area contributed by atoms with Crippen LogP contribution in [0.15, 0.2) is 6.33 Å². The number of imidazole rings is 1. The second-order valence-corrected chi connectivity index (χ2v) is 5.62. The molecule has 2 unspecified atom stereocenters. The van der Waals surface area contributed by atoms with Crippen LogP contribution in [-0.2, 0) is 22.6 Å². The molecule has 0 radical (unpaired) electrons. The van der Waals surface area contributed by atoms with Gasteiger partial charge in [-0.2, -0.15) is 11.8 Å². The van der Waals surface area contributed by atoms with Crippen molar-refractivity contribution < 1.29 is 14.7 Å². The Balaban J connectivity index is 2.22. The summed E-state index contributed by atoms with van der Waals surface area (Å²) in [6.45, 7) is 2.13. The Hall–Kier alpha value is -1.50. The first-order valence-electron chi connectivity index (χ1n) is 6.08. The van der Waals surface area contributed by atoms with Gasteiger partial charge in [-0.05, 0) is 6.26 Å². The Morgan fingerprint density at radius 3 is 3.05 bits per heavy atom. The highest BCUT2D eigenvalue weighted by Gasteiger charge is 2.37. The molecule has 0 aliphatic carbocycles. The molecule has 0 fully saturated rings. The zero-order valence-electron chi connectivity index (χ0n) is 10.9. The highest BCUT2D eigenvalue weighted by atomic mass is 32.2. The molecule has 2 rings (SSSR count). The number of fused-ring (bicyclic) bond motifs is 1. The summed E-state index contributed by atoms with van der Waals surface area (Å²) in [4.78, 5) is 32.2. The van der Waals surface area contributed by atoms with Crippen molar-refractivity contribution in [2.24, 2.45) is 5.92 Å². The molecule has 2 N–H and O–H groups in total. The molecule has 0 spiro atoms. The zero-order valence-corrected chi connectivity index (χ0v) is 11.7. The van der Waals surface area contributed by atoms with Crippen LogP contribution in [-0.4, -0.2) is 49.9 Å². The average molecular weight is 283 g/mol. The third-order valence-electron chi connectivity index (χ3n) is 3.31. The first-order chi connectivity index (χ1) is 9.04. The summed E-state index contributed by atoms with van der Waals surface area (Å²) in [6, 6.07) is -0.812. The van der Waals surface area contributed by atoms with Gasteiger partial charge in [-0.1, -0.05) is 6.92 Å². The van der Waals surface area contributed by atoms with Crippen molar-refractivity contribution >= 4 is 23.6 Å². The quantitative estimate of drug-likeness (QED) is 0.851. The van der Waals surface area contributed by atoms with E-state index in [1.807, 2.05) is 13.2 Å². The molecule has 2 heterocycles. The second kappa shape index (κ2) is 5.64. The summed E-state index contributed by atoms with van der Waals surface area (Å²) in [5.74, 6) is -0.570. The standard InChI is InChI=1S/C12H17N3O3S/c1-7(5-19-2)11(16)15-4-9-8(13-6-14-9)3-10(15)12(17)18/h6-7,10H,3-5H2,1-2H3,(H,13,14)(H,17,18). The molecule has 1 aliphatic heterocycles. The average Bonchev–Trinajstić information content (AvgIpc) is 2.83. The Kier molecular flexibility index (Phi) is 4.14. The van der Waals surface area contributed by atoms with Crippen molar-refractivity contribution in [2.75, 3.05) is 12.0 Å². The highest BCUT2D eigenvalue weighted by Crippen LogP contribution is 2.23. The smallest absolute Gasteiger partial charge is 0.326 e. The number of carboxylic acid groups (broad SMARTS) is 1. The number of nitrogens with zero attached hydrogens (tertiary/aromatic N) is 2. The van der Waals surface area contributed by atoms with E-state index in [1.54, 1.807) is 18.1 Å². The van der Waals surface area contributed by atoms with Crippen LogP contribution in [0.2, 0.25) is 0 Å². The first-order valence-corrected chi connectivity index (χ1v) is 7.47. The monoisotopic (exact) mass is 283 g/mol. The van der Waals surface area contributed by atoms with Crippen molar-refractivity contribution in [3.63, 3.8) is 0 Å². The van der Waals surface area contributed by atoms with Gasteiger partial charge in [0.25, 0.3) is 0 Å². The first kappa shape index (κ1) is 13.9. The van der Waals surface area contributed by atoms with E-state index in [-0.39, 0.29) is 18.2 Å². The van der Waals surface area contributed by atoms with Gasteiger partial charge in [0.05, 0.1) is 24.3 Å². The maximum atomic E-state index is 12.3. The van der Waals surface area contributed by atoms with Crippen LogP contribution in [0.5, 0.6) is 0 Å². The fourth-order valence-corrected chi connectivity index (χ4v) is 2.94. The summed E-state index contributed by atoms with van der Waals surface area (Å²) in [5.41, 5.74) is 1.58. The van der Waals surface area contributed by atoms with E-state index in [0.717, 1.165) is 11.4 Å². The number of aromatic amines is 1. The predicted octanol–water partition coefficient (Wildman–Crippen LogP) is 0.747. The van der Waals surface area contributed by atoms with Gasteiger partial charge in [-0.25, -0.2) is 9.78 Å². The normalized spacial score (nSPS) is 19.9. The van der Waals surface area contributed by atoms with E-state index >= 15 is 0 Å². The molecule has 1 amide bonds. The van der Waals surface area contributed by atoms with E-state index in [2.05, 4.69) is 9.97 Å². The summed E-state index contributed by atoms with van der Waals surface area (Å²) in [6.07, 6.45) is 3.75. The number of hydrogen-bond donors (Lipinski definition) is 2. The van der Waals surface area contributed by atoms with Gasteiger partial charge in [0.15, 0.2) is 0 Å². The molecule has 1 aliphatic rings. The predicted molar refractivity (Wildman–Crippen MR) is 71.8 cm³/mol. The molecule has 0 aromatic carbocycles. The van der Waals surface area contributed by atoms with Crippen LogP contribution < -0.4 is 0 Å². The van der Waals surface area contributed by atoms with Gasteiger partial charge in [0, 0.05) is 18.1 Å². The summed E-state index contributed by atoms with van der Waals surface area (Å²) < 4.78 is 0. The zero-order chi connectivity index (χ0) is 14.0. The number of nitrogens with one attached hydrogen (secondary N) is 1. The molecule has 7 heteroatoms. The number of hydrogen-bond acceptors (Lipinski definition) is 4. The van der Waals surface area contributed by atoms with Crippen molar-refractivity contribution in [1.82, 2.24) is 14.9 Å². The molecule has 19 heavy (non-hydrogen) atoms. The number of carbonyl (C=O) groups is 2. The van der Waals surface area contributed by atoms with Gasteiger partial charge in [0.2, 0.25) is 5.91 Å². The lowest BCUT2D eigenvalue weighted by atomic mass is 10.0. The molecule has 0 bridgehead atoms. The van der Waals surface area contributed by atoms with Gasteiger partial charge < -0.3 is 15.0 Å². The maximum absolute atomic E-state index is 12.3. The number of aliphatic carboxylic acids is 1. The fourth-order valence-electron chi connectivity index (χ4n) is 2.29. The van der Waals surface area contributed by atoms with Gasteiger partial charge in [-0.3, -0.25) is 4.79 Å². The minimum Gasteiger partial charge on any atom is -0.480 e. The lowest BCUT2D eigenvalue weighted by molar-refractivity contribution is -0.152. The summed E-state index contributed by atoms with van der Waals surface area (Å²) in [7, 11) is 0. The van der Waals surface area contributed by atoms with Crippen LogP contribution in [0.1, 0.15) is 18.3 Å². The van der Waals surface area contributed by atoms with Gasteiger partial charge in [-0.15, -0.1) is 0 Å². The van der Waals surface area contributed by atoms with E-state index in [9.17, 15) is 14.7 Å². The number of thioether (sulfide) groups is 1. The van der Waals surface area contributed by atoms with Crippen LogP contribution >= 0.6 is 11.8 Å². The molecular weight excluding hydrogens is 266 g/mol. The van der Waals surface area contributed by atoms with E-state index in [1.165, 1.54) is 4.90 Å². The van der Waals surface area contributed by atoms with Crippen LogP contribution in [0, 0.1) is 5.92 Å². The molecule has 1 aromatic rings. The van der Waals surface area contributed by atoms with Crippen LogP contribution in [0.3, 0.4) is 0 Å². The minimum absolute atomic E-state index is 0.109. The second-order valence-electron chi connectivity index (χ2n) is 4.71. The molecule has 2 atom stereocenters. The van der Waals surface area contributed by atoms with Crippen LogP contribution in [0.4, 0.5) is 0 Å². The van der Waals surface area contributed by atoms with Crippen molar-refractivity contribution in [3.05, 3.63) is 17.7 Å². The largest absolute Gasteiger partial charge is 0.480 e. The van der Waals surface area contributed by atoms with Crippen LogP contribution in [0.25, 0.3) is 0 Å². The van der Waals surface area contributed by atoms with Crippen molar-refractivity contribution in [1.29, 1.82) is 0 Å². The minimum atomic E-state index is -0.974. The molecular formula is C12H17N3O3S. The highest BCUT2D eigenvalue weighted by molar-refractivity contribution is 7.98. The maximum Gasteiger partial charge on any atom is 0.326 e. The Morgan fingerprint density at radius 2 is 2.42 bits per heavy atom. The van der Waals surface area contributed by atoms with E-state index in [4.69, 9.17) is 0 Å². The Morgan fingerprint density at radius 1 is 1.68 bits per heavy atom. The molecule has 104 valence electrons. The molecule has 6 nitrogen and oxygen atoms in total. The number of rotatable bonds is 4. The van der Waals surface area contributed by atoms with E-state index < -0.39 is 12.0 Å². The lowest BCUT2D eigenvalue weighted by Crippen LogP contribution is -2.50. The number of H-pyrrole nitrogens is 1. The number of aromatic nitrogens is 2. The Bertz CT molecular complexity index is 488. The third kappa shape index (κ3) is 2.75. The fraction of sp³-hybridized carbons (Fsp3) is 0.583. The van der Waals surface area contributed by atoms with Crippen molar-refractivity contribution in [3.8, 4) is 0 Å². The number of amides is 1. The third-order valence-corrected chi connectivity index (χ3v) is 4.14. The molecule has 0 saturated heterocycles. The topological polar surface area (TPSA) is 86.3 Å². The summed E-state index contributed by atoms with van der Waals surface area (Å²) in [5, 5.41) is 9.30. The molecule has 0 saturated carbocycles. The lowest BCUT2D eigenvalue weighted by Gasteiger charge is -2.34. The molecule has 1 aromatic heterocycles. The Labute approximate surface area is 115 Å². The number of carboxylic acids is 1. The number of carbonyl (C=O) groups excluding carboxylic acids is 1.